The maximum Gasteiger partial charge on any atom is 0.205 e. The Kier molecular flexibility index (Phi) is 4.84. The number of benzene rings is 2. The average Bonchev–Trinajstić information content (AvgIpc) is 2.63. The highest BCUT2D eigenvalue weighted by Gasteiger charge is 2.41. The highest BCUT2D eigenvalue weighted by molar-refractivity contribution is 5.29. The van der Waals surface area contributed by atoms with E-state index in [0.717, 1.165) is 5.56 Å². The summed E-state index contributed by atoms with van der Waals surface area (Å²) in [5.74, 6) is -1.95. The van der Waals surface area contributed by atoms with Crippen LogP contribution in [0.25, 0.3) is 0 Å². The Balaban J connectivity index is 1.70. The van der Waals surface area contributed by atoms with Gasteiger partial charge in [-0.1, -0.05) is 30.3 Å². The third-order valence-electron chi connectivity index (χ3n) is 5.36. The van der Waals surface area contributed by atoms with Crippen LogP contribution in [0.2, 0.25) is 0 Å². The molecule has 0 radical (unpaired) electrons. The summed E-state index contributed by atoms with van der Waals surface area (Å²) in [4.78, 5) is 1.98. The summed E-state index contributed by atoms with van der Waals surface area (Å²) >= 11 is 0. The van der Waals surface area contributed by atoms with E-state index < -0.39 is 17.4 Å². The fourth-order valence-electron chi connectivity index (χ4n) is 3.52. The van der Waals surface area contributed by atoms with Crippen LogP contribution in [0.4, 0.5) is 0 Å². The number of piperidine rings is 1. The fourth-order valence-corrected chi connectivity index (χ4v) is 3.52. The summed E-state index contributed by atoms with van der Waals surface area (Å²) in [7, 11) is 0. The first-order valence-corrected chi connectivity index (χ1v) is 8.59. The van der Waals surface area contributed by atoms with Gasteiger partial charge in [0, 0.05) is 18.7 Å². The van der Waals surface area contributed by atoms with Gasteiger partial charge in [0.2, 0.25) is 5.79 Å². The third-order valence-corrected chi connectivity index (χ3v) is 5.36. The van der Waals surface area contributed by atoms with Crippen molar-refractivity contribution < 1.29 is 20.4 Å². The lowest BCUT2D eigenvalue weighted by Gasteiger charge is -2.44. The van der Waals surface area contributed by atoms with Crippen LogP contribution >= 0.6 is 0 Å². The molecule has 1 atom stereocenters. The van der Waals surface area contributed by atoms with Crippen LogP contribution in [0.5, 0.6) is 5.75 Å². The van der Waals surface area contributed by atoms with Crippen molar-refractivity contribution in [2.24, 2.45) is 0 Å². The summed E-state index contributed by atoms with van der Waals surface area (Å²) in [6, 6.07) is 15.0. The van der Waals surface area contributed by atoms with Gasteiger partial charge in [0.1, 0.15) is 5.75 Å². The zero-order valence-electron chi connectivity index (χ0n) is 14.3. The molecule has 1 aliphatic rings. The standard InChI is InChI=1S/C20H25NO4/c1-15(20(24,25)17-7-9-18(22)10-8-17)21-13-11-19(23,12-14-21)16-5-3-2-4-6-16/h2-10,15,22-25H,11-14H2,1H3/t15-/m0/s1. The second-order valence-corrected chi connectivity index (χ2v) is 6.88. The van der Waals surface area contributed by atoms with E-state index in [-0.39, 0.29) is 5.75 Å². The molecular weight excluding hydrogens is 318 g/mol. The number of aliphatic hydroxyl groups is 3. The lowest BCUT2D eigenvalue weighted by molar-refractivity contribution is -0.218. The molecule has 3 rings (SSSR count). The Morgan fingerprint density at radius 3 is 2.08 bits per heavy atom. The zero-order valence-corrected chi connectivity index (χ0v) is 14.3. The van der Waals surface area contributed by atoms with E-state index >= 15 is 0 Å². The predicted molar refractivity (Wildman–Crippen MR) is 94.8 cm³/mol. The van der Waals surface area contributed by atoms with Gasteiger partial charge in [0.05, 0.1) is 11.6 Å². The molecule has 0 spiro atoms. The maximum absolute atomic E-state index is 10.9. The number of hydrogen-bond donors (Lipinski definition) is 4. The van der Waals surface area contributed by atoms with E-state index in [1.807, 2.05) is 35.2 Å². The molecular formula is C20H25NO4. The molecule has 134 valence electrons. The van der Waals surface area contributed by atoms with Gasteiger partial charge in [-0.05, 0) is 49.6 Å². The Hall–Kier alpha value is -1.92. The molecule has 0 bridgehead atoms. The van der Waals surface area contributed by atoms with Crippen LogP contribution in [-0.4, -0.2) is 44.5 Å². The minimum absolute atomic E-state index is 0.0816. The monoisotopic (exact) mass is 343 g/mol. The van der Waals surface area contributed by atoms with Crippen molar-refractivity contribution in [3.8, 4) is 5.75 Å². The zero-order chi connectivity index (χ0) is 18.1. The van der Waals surface area contributed by atoms with Gasteiger partial charge in [-0.2, -0.15) is 0 Å². The van der Waals surface area contributed by atoms with Crippen LogP contribution in [0.1, 0.15) is 30.9 Å². The molecule has 1 fully saturated rings. The van der Waals surface area contributed by atoms with Gasteiger partial charge in [-0.15, -0.1) is 0 Å². The Labute approximate surface area is 147 Å². The third kappa shape index (κ3) is 3.55. The molecule has 1 saturated heterocycles. The van der Waals surface area contributed by atoms with Crippen molar-refractivity contribution >= 4 is 0 Å². The smallest absolute Gasteiger partial charge is 0.205 e. The number of aromatic hydroxyl groups is 1. The van der Waals surface area contributed by atoms with Gasteiger partial charge in [0.25, 0.3) is 0 Å². The predicted octanol–water partition coefficient (Wildman–Crippen LogP) is 1.90. The molecule has 0 aliphatic carbocycles. The molecule has 5 nitrogen and oxygen atoms in total. The lowest BCUT2D eigenvalue weighted by atomic mass is 9.83. The molecule has 4 N–H and O–H groups in total. The minimum atomic E-state index is -2.03. The quantitative estimate of drug-likeness (QED) is 0.637. The van der Waals surface area contributed by atoms with E-state index in [0.29, 0.717) is 31.5 Å². The van der Waals surface area contributed by atoms with Crippen LogP contribution < -0.4 is 0 Å². The molecule has 1 heterocycles. The summed E-state index contributed by atoms with van der Waals surface area (Å²) < 4.78 is 0. The van der Waals surface area contributed by atoms with Crippen LogP contribution in [0.3, 0.4) is 0 Å². The molecule has 2 aromatic carbocycles. The van der Waals surface area contributed by atoms with Gasteiger partial charge in [-0.25, -0.2) is 0 Å². The number of likely N-dealkylation sites (tertiary alicyclic amines) is 1. The molecule has 1 aliphatic heterocycles. The topological polar surface area (TPSA) is 84.2 Å². The van der Waals surface area contributed by atoms with Gasteiger partial charge >= 0.3 is 0 Å². The fraction of sp³-hybridized carbons (Fsp3) is 0.400. The second-order valence-electron chi connectivity index (χ2n) is 6.88. The number of phenols is 1. The molecule has 0 amide bonds. The van der Waals surface area contributed by atoms with Crippen molar-refractivity contribution in [2.45, 2.75) is 37.2 Å². The summed E-state index contributed by atoms with van der Waals surface area (Å²) in [6.45, 7) is 2.89. The molecule has 0 unspecified atom stereocenters. The van der Waals surface area contributed by atoms with Crippen molar-refractivity contribution in [1.82, 2.24) is 4.90 Å². The molecule has 0 saturated carbocycles. The van der Waals surface area contributed by atoms with Gasteiger partial charge < -0.3 is 20.4 Å². The van der Waals surface area contributed by atoms with Crippen molar-refractivity contribution in [2.75, 3.05) is 13.1 Å². The Morgan fingerprint density at radius 1 is 0.960 bits per heavy atom. The number of rotatable bonds is 4. The first kappa shape index (κ1) is 17.9. The van der Waals surface area contributed by atoms with Gasteiger partial charge in [0.15, 0.2) is 0 Å². The van der Waals surface area contributed by atoms with E-state index in [9.17, 15) is 20.4 Å². The largest absolute Gasteiger partial charge is 0.508 e. The lowest BCUT2D eigenvalue weighted by Crippen LogP contribution is -2.54. The van der Waals surface area contributed by atoms with Crippen molar-refractivity contribution in [1.29, 1.82) is 0 Å². The number of hydrogen-bond acceptors (Lipinski definition) is 5. The Morgan fingerprint density at radius 2 is 1.52 bits per heavy atom. The average molecular weight is 343 g/mol. The maximum atomic E-state index is 10.9. The van der Waals surface area contributed by atoms with E-state index in [2.05, 4.69) is 0 Å². The first-order valence-electron chi connectivity index (χ1n) is 8.59. The minimum Gasteiger partial charge on any atom is -0.508 e. The second kappa shape index (κ2) is 6.77. The highest BCUT2D eigenvalue weighted by atomic mass is 16.5. The number of phenolic OH excluding ortho intramolecular Hbond substituents is 1. The SMILES string of the molecule is C[C@H](N1CCC(O)(c2ccccc2)CC1)C(O)(O)c1ccc(O)cc1. The number of nitrogens with zero attached hydrogens (tertiary/aromatic N) is 1. The first-order chi connectivity index (χ1) is 11.8. The van der Waals surface area contributed by atoms with Crippen LogP contribution in [-0.2, 0) is 11.4 Å². The summed E-state index contributed by atoms with van der Waals surface area (Å²) in [5.41, 5.74) is 0.366. The summed E-state index contributed by atoms with van der Waals surface area (Å²) in [5, 5.41) is 41.5. The molecule has 5 heteroatoms. The van der Waals surface area contributed by atoms with E-state index in [1.165, 1.54) is 24.3 Å². The molecule has 0 aromatic heterocycles. The molecule has 25 heavy (non-hydrogen) atoms. The summed E-state index contributed by atoms with van der Waals surface area (Å²) in [6.07, 6.45) is 1.07. The van der Waals surface area contributed by atoms with Crippen LogP contribution in [0, 0.1) is 0 Å². The van der Waals surface area contributed by atoms with Crippen LogP contribution in [0.15, 0.2) is 54.6 Å². The molecule has 2 aromatic rings. The van der Waals surface area contributed by atoms with Crippen molar-refractivity contribution in [3.63, 3.8) is 0 Å². The van der Waals surface area contributed by atoms with Crippen molar-refractivity contribution in [3.05, 3.63) is 65.7 Å². The van der Waals surface area contributed by atoms with E-state index in [4.69, 9.17) is 0 Å². The normalized spacial score (nSPS) is 19.5. The van der Waals surface area contributed by atoms with Gasteiger partial charge in [-0.3, -0.25) is 4.90 Å². The Bertz CT molecular complexity index is 691. The van der Waals surface area contributed by atoms with E-state index in [1.54, 1.807) is 6.92 Å². The highest BCUT2D eigenvalue weighted by Crippen LogP contribution is 2.35.